The Kier molecular flexibility index (Phi) is 4.17. The van der Waals surface area contributed by atoms with Gasteiger partial charge in [-0.1, -0.05) is 0 Å². The minimum absolute atomic E-state index is 0.259. The highest BCUT2D eigenvalue weighted by Gasteiger charge is 2.36. The fraction of sp³-hybridized carbons (Fsp3) is 0.923. The molecule has 2 fully saturated rings. The summed E-state index contributed by atoms with van der Waals surface area (Å²) in [5.41, 5.74) is -0.259. The van der Waals surface area contributed by atoms with Crippen LogP contribution < -0.4 is 0 Å². The van der Waals surface area contributed by atoms with Crippen LogP contribution in [-0.2, 0) is 9.53 Å². The van der Waals surface area contributed by atoms with Crippen molar-refractivity contribution >= 4 is 5.78 Å². The maximum atomic E-state index is 11.9. The molecule has 2 saturated heterocycles. The van der Waals surface area contributed by atoms with Crippen molar-refractivity contribution in [1.29, 1.82) is 0 Å². The topological polar surface area (TPSA) is 32.8 Å². The Morgan fingerprint density at radius 2 is 1.88 bits per heavy atom. The van der Waals surface area contributed by atoms with Gasteiger partial charge in [-0.2, -0.15) is 0 Å². The van der Waals surface area contributed by atoms with Crippen molar-refractivity contribution in [1.82, 2.24) is 9.80 Å². The van der Waals surface area contributed by atoms with Crippen LogP contribution in [0.1, 0.15) is 26.7 Å². The van der Waals surface area contributed by atoms with Crippen molar-refractivity contribution in [3.05, 3.63) is 0 Å². The van der Waals surface area contributed by atoms with E-state index in [1.807, 2.05) is 0 Å². The lowest BCUT2D eigenvalue weighted by Crippen LogP contribution is -2.56. The zero-order valence-electron chi connectivity index (χ0n) is 11.1. The summed E-state index contributed by atoms with van der Waals surface area (Å²) in [5.74, 6) is 0.394. The zero-order chi connectivity index (χ0) is 12.3. The number of Topliss-reactive ketones (excluding diaryl/α,β-unsaturated/α-hetero) is 1. The van der Waals surface area contributed by atoms with Crippen LogP contribution in [0, 0.1) is 0 Å². The summed E-state index contributed by atoms with van der Waals surface area (Å²) in [6.45, 7) is 11.0. The molecule has 98 valence electrons. The molecule has 2 rings (SSSR count). The number of ether oxygens (including phenoxy) is 1. The summed E-state index contributed by atoms with van der Waals surface area (Å²) in [4.78, 5) is 16.7. The van der Waals surface area contributed by atoms with Crippen LogP contribution in [-0.4, -0.2) is 67.1 Å². The number of carbonyl (C=O) groups is 1. The summed E-state index contributed by atoms with van der Waals surface area (Å²) in [5, 5.41) is 0. The van der Waals surface area contributed by atoms with Crippen molar-refractivity contribution in [3.63, 3.8) is 0 Å². The fourth-order valence-electron chi connectivity index (χ4n) is 2.67. The molecule has 0 aromatic heterocycles. The second-order valence-electron chi connectivity index (χ2n) is 5.53. The van der Waals surface area contributed by atoms with Gasteiger partial charge < -0.3 is 4.74 Å². The molecule has 2 aliphatic heterocycles. The van der Waals surface area contributed by atoms with Crippen LogP contribution >= 0.6 is 0 Å². The van der Waals surface area contributed by atoms with Gasteiger partial charge in [0.2, 0.25) is 0 Å². The molecule has 0 unspecified atom stereocenters. The first-order chi connectivity index (χ1) is 8.10. The number of likely N-dealkylation sites (tertiary alicyclic amines) is 1. The van der Waals surface area contributed by atoms with Crippen molar-refractivity contribution in [2.75, 3.05) is 45.9 Å². The SMILES string of the molecule is CC1(C)C(=O)CCCN1CCN1CCOCC1. The lowest BCUT2D eigenvalue weighted by atomic mass is 9.89. The van der Waals surface area contributed by atoms with Gasteiger partial charge in [0.15, 0.2) is 5.78 Å². The van der Waals surface area contributed by atoms with Crippen LogP contribution in [0.4, 0.5) is 0 Å². The van der Waals surface area contributed by atoms with E-state index in [4.69, 9.17) is 4.74 Å². The average molecular weight is 240 g/mol. The van der Waals surface area contributed by atoms with Gasteiger partial charge in [0, 0.05) is 32.6 Å². The number of nitrogens with zero attached hydrogens (tertiary/aromatic N) is 2. The van der Waals surface area contributed by atoms with E-state index in [0.29, 0.717) is 5.78 Å². The lowest BCUT2D eigenvalue weighted by molar-refractivity contribution is -0.133. The number of rotatable bonds is 3. The molecule has 4 nitrogen and oxygen atoms in total. The van der Waals surface area contributed by atoms with Crippen molar-refractivity contribution < 1.29 is 9.53 Å². The molecule has 0 amide bonds. The lowest BCUT2D eigenvalue weighted by Gasteiger charge is -2.42. The van der Waals surface area contributed by atoms with E-state index in [0.717, 1.165) is 58.8 Å². The summed E-state index contributed by atoms with van der Waals surface area (Å²) in [6, 6.07) is 0. The highest BCUT2D eigenvalue weighted by atomic mass is 16.5. The van der Waals surface area contributed by atoms with Crippen molar-refractivity contribution in [3.8, 4) is 0 Å². The normalized spacial score (nSPS) is 27.3. The Morgan fingerprint density at radius 1 is 1.18 bits per heavy atom. The first-order valence-electron chi connectivity index (χ1n) is 6.69. The molecule has 2 heterocycles. The Hall–Kier alpha value is -0.450. The third kappa shape index (κ3) is 3.06. The van der Waals surface area contributed by atoms with E-state index in [1.165, 1.54) is 0 Å². The number of hydrogen-bond acceptors (Lipinski definition) is 4. The minimum atomic E-state index is -0.259. The Morgan fingerprint density at radius 3 is 2.59 bits per heavy atom. The van der Waals surface area contributed by atoms with Gasteiger partial charge in [0.1, 0.15) is 0 Å². The molecule has 17 heavy (non-hydrogen) atoms. The third-order valence-corrected chi connectivity index (χ3v) is 4.09. The van der Waals surface area contributed by atoms with Gasteiger partial charge in [-0.15, -0.1) is 0 Å². The predicted molar refractivity (Wildman–Crippen MR) is 67.2 cm³/mol. The zero-order valence-corrected chi connectivity index (χ0v) is 11.1. The highest BCUT2D eigenvalue weighted by molar-refractivity contribution is 5.88. The quantitative estimate of drug-likeness (QED) is 0.729. The molecule has 0 atom stereocenters. The predicted octanol–water partition coefficient (Wildman–Crippen LogP) is 0.762. The molecule has 0 aromatic rings. The highest BCUT2D eigenvalue weighted by Crippen LogP contribution is 2.23. The van der Waals surface area contributed by atoms with E-state index < -0.39 is 0 Å². The standard InChI is InChI=1S/C13H24N2O2/c1-13(2)12(16)4-3-5-15(13)7-6-14-8-10-17-11-9-14/h3-11H2,1-2H3. The molecule has 0 bridgehead atoms. The fourth-order valence-corrected chi connectivity index (χ4v) is 2.67. The first kappa shape index (κ1) is 13.0. The maximum Gasteiger partial charge on any atom is 0.152 e. The van der Waals surface area contributed by atoms with E-state index >= 15 is 0 Å². The van der Waals surface area contributed by atoms with Gasteiger partial charge in [-0.25, -0.2) is 0 Å². The number of hydrogen-bond donors (Lipinski definition) is 0. The largest absolute Gasteiger partial charge is 0.379 e. The smallest absolute Gasteiger partial charge is 0.152 e. The van der Waals surface area contributed by atoms with Crippen LogP contribution in [0.2, 0.25) is 0 Å². The number of morpholine rings is 1. The second-order valence-corrected chi connectivity index (χ2v) is 5.53. The molecule has 0 aromatic carbocycles. The molecular weight excluding hydrogens is 216 g/mol. The van der Waals surface area contributed by atoms with Crippen molar-refractivity contribution in [2.45, 2.75) is 32.2 Å². The summed E-state index contributed by atoms with van der Waals surface area (Å²) in [7, 11) is 0. The van der Waals surface area contributed by atoms with Crippen LogP contribution in [0.25, 0.3) is 0 Å². The summed E-state index contributed by atoms with van der Waals surface area (Å²) >= 11 is 0. The van der Waals surface area contributed by atoms with Gasteiger partial charge in [-0.3, -0.25) is 14.6 Å². The van der Waals surface area contributed by atoms with Crippen LogP contribution in [0.5, 0.6) is 0 Å². The molecule has 0 saturated carbocycles. The van der Waals surface area contributed by atoms with E-state index in [1.54, 1.807) is 0 Å². The Balaban J connectivity index is 1.82. The molecule has 0 spiro atoms. The van der Waals surface area contributed by atoms with Gasteiger partial charge >= 0.3 is 0 Å². The van der Waals surface area contributed by atoms with Gasteiger partial charge in [-0.05, 0) is 26.8 Å². The van der Waals surface area contributed by atoms with Crippen LogP contribution in [0.3, 0.4) is 0 Å². The van der Waals surface area contributed by atoms with E-state index in [9.17, 15) is 4.79 Å². The number of ketones is 1. The monoisotopic (exact) mass is 240 g/mol. The second kappa shape index (κ2) is 5.46. The van der Waals surface area contributed by atoms with Gasteiger partial charge in [0.25, 0.3) is 0 Å². The molecule has 4 heteroatoms. The van der Waals surface area contributed by atoms with Gasteiger partial charge in [0.05, 0.1) is 18.8 Å². The average Bonchev–Trinajstić information content (AvgIpc) is 2.32. The van der Waals surface area contributed by atoms with E-state index in [2.05, 4.69) is 23.6 Å². The number of piperidine rings is 1. The molecule has 0 N–H and O–H groups in total. The first-order valence-corrected chi connectivity index (χ1v) is 6.69. The molecular formula is C13H24N2O2. The number of carbonyl (C=O) groups excluding carboxylic acids is 1. The molecule has 0 radical (unpaired) electrons. The van der Waals surface area contributed by atoms with Crippen LogP contribution in [0.15, 0.2) is 0 Å². The summed E-state index contributed by atoms with van der Waals surface area (Å²) < 4.78 is 5.34. The van der Waals surface area contributed by atoms with E-state index in [-0.39, 0.29) is 5.54 Å². The summed E-state index contributed by atoms with van der Waals surface area (Å²) in [6.07, 6.45) is 1.77. The molecule has 2 aliphatic rings. The van der Waals surface area contributed by atoms with Crippen molar-refractivity contribution in [2.24, 2.45) is 0 Å². The molecule has 0 aliphatic carbocycles. The minimum Gasteiger partial charge on any atom is -0.379 e. The third-order valence-electron chi connectivity index (χ3n) is 4.09. The maximum absolute atomic E-state index is 11.9. The Bertz CT molecular complexity index is 273. The Labute approximate surface area is 104 Å².